The van der Waals surface area contributed by atoms with Crippen molar-refractivity contribution >= 4 is 31.8 Å². The molecule has 0 aromatic heterocycles. The third-order valence-corrected chi connectivity index (χ3v) is 3.15. The molecule has 0 saturated heterocycles. The van der Waals surface area contributed by atoms with Crippen LogP contribution in [0.3, 0.4) is 0 Å². The zero-order chi connectivity index (χ0) is 13.5. The second kappa shape index (κ2) is 18.1. The Morgan fingerprint density at radius 1 is 0.842 bits per heavy atom. The molecule has 0 fully saturated rings. The Bertz CT molecular complexity index is 215. The summed E-state index contributed by atoms with van der Waals surface area (Å²) < 4.78 is 0. The summed E-state index contributed by atoms with van der Waals surface area (Å²) in [7, 11) is 0. The molecule has 0 amide bonds. The van der Waals surface area contributed by atoms with Crippen LogP contribution in [0.5, 0.6) is 0 Å². The first-order valence-corrected chi connectivity index (χ1v) is 7.64. The van der Waals surface area contributed by atoms with Crippen LogP contribution >= 0.6 is 0 Å². The van der Waals surface area contributed by atoms with Gasteiger partial charge in [0.2, 0.25) is 0 Å². The van der Waals surface area contributed by atoms with Crippen LogP contribution in [-0.4, -0.2) is 36.9 Å². The number of hydrogen-bond donors (Lipinski definition) is 1. The maximum absolute atomic E-state index is 10.3. The molecule has 0 bridgehead atoms. The molecule has 0 aromatic rings. The summed E-state index contributed by atoms with van der Waals surface area (Å²) in [6.45, 7) is 2.24. The van der Waals surface area contributed by atoms with E-state index in [1.54, 1.807) is 0 Å². The monoisotopic (exact) mass is 372 g/mol. The summed E-state index contributed by atoms with van der Waals surface area (Å²) in [5.41, 5.74) is 0. The topological polar surface area (TPSA) is 37.3 Å². The van der Waals surface area contributed by atoms with Gasteiger partial charge in [0.1, 0.15) is 0 Å². The zero-order valence-corrected chi connectivity index (χ0v) is 12.0. The van der Waals surface area contributed by atoms with E-state index in [-0.39, 0.29) is 25.8 Å². The second-order valence-corrected chi connectivity index (χ2v) is 5.02. The standard InChI is InChI=1S/C16H30O2.In.3H/c1-2-3-4-5-6-7-8-9-10-11-12-13-14-15-16(17)18;;;;/h7-8H,2-6,9-15H2,1H3,(H,17,18);;;;/b8-7-;;;;. The van der Waals surface area contributed by atoms with Gasteiger partial charge in [-0.05, 0) is 32.1 Å². The predicted molar refractivity (Wildman–Crippen MR) is 87.8 cm³/mol. The molecule has 1 N–H and O–H groups in total. The molecule has 0 aliphatic heterocycles. The number of rotatable bonds is 13. The molecule has 0 aromatic carbocycles. The van der Waals surface area contributed by atoms with Crippen molar-refractivity contribution < 1.29 is 9.90 Å². The number of unbranched alkanes of at least 4 members (excludes halogenated alkanes) is 9. The van der Waals surface area contributed by atoms with E-state index in [0.717, 1.165) is 12.8 Å². The van der Waals surface area contributed by atoms with Gasteiger partial charge in [-0.25, -0.2) is 0 Å². The minimum absolute atomic E-state index is 0. The summed E-state index contributed by atoms with van der Waals surface area (Å²) in [5, 5.41) is 8.48. The zero-order valence-electron chi connectivity index (χ0n) is 12.0. The van der Waals surface area contributed by atoms with Gasteiger partial charge in [-0.2, -0.15) is 0 Å². The molecule has 0 radical (unpaired) electrons. The molecule has 3 heteroatoms. The summed E-state index contributed by atoms with van der Waals surface area (Å²) >= 11 is 0. The molecule has 0 rings (SSSR count). The summed E-state index contributed by atoms with van der Waals surface area (Å²) in [5.74, 6) is -0.666. The molecule has 0 saturated carbocycles. The Hall–Kier alpha value is 0.0801. The molecule has 112 valence electrons. The Labute approximate surface area is 137 Å². The van der Waals surface area contributed by atoms with E-state index < -0.39 is 5.97 Å². The van der Waals surface area contributed by atoms with E-state index in [1.165, 1.54) is 57.8 Å². The molecular formula is C16H33InO2. The molecule has 0 aliphatic rings. The fourth-order valence-electron chi connectivity index (χ4n) is 1.99. The van der Waals surface area contributed by atoms with Gasteiger partial charge in [-0.3, -0.25) is 4.79 Å². The van der Waals surface area contributed by atoms with Gasteiger partial charge >= 0.3 is 31.8 Å². The SMILES string of the molecule is CCCCCC/C=C\CCCCCCCC(=O)O.[InH3]. The van der Waals surface area contributed by atoms with Crippen LogP contribution in [0.1, 0.15) is 84.0 Å². The van der Waals surface area contributed by atoms with E-state index in [0.29, 0.717) is 6.42 Å². The van der Waals surface area contributed by atoms with Gasteiger partial charge in [0, 0.05) is 6.42 Å². The maximum atomic E-state index is 10.3. The first kappa shape index (κ1) is 21.4. The Kier molecular flexibility index (Phi) is 20.3. The molecular weight excluding hydrogens is 339 g/mol. The van der Waals surface area contributed by atoms with E-state index in [4.69, 9.17) is 5.11 Å². The quantitative estimate of drug-likeness (QED) is 0.390. The van der Waals surface area contributed by atoms with E-state index in [1.807, 2.05) is 0 Å². The van der Waals surface area contributed by atoms with Crippen molar-refractivity contribution in [3.63, 3.8) is 0 Å². The van der Waals surface area contributed by atoms with Crippen LogP contribution in [0.2, 0.25) is 0 Å². The summed E-state index contributed by atoms with van der Waals surface area (Å²) in [4.78, 5) is 10.3. The molecule has 19 heavy (non-hydrogen) atoms. The van der Waals surface area contributed by atoms with Crippen LogP contribution in [0.25, 0.3) is 0 Å². The Morgan fingerprint density at radius 2 is 1.32 bits per heavy atom. The summed E-state index contributed by atoms with van der Waals surface area (Å²) in [6, 6.07) is 0. The van der Waals surface area contributed by atoms with Crippen LogP contribution in [-0.2, 0) is 4.79 Å². The number of aliphatic carboxylic acids is 1. The van der Waals surface area contributed by atoms with Gasteiger partial charge < -0.3 is 5.11 Å². The van der Waals surface area contributed by atoms with Crippen molar-refractivity contribution in [2.45, 2.75) is 84.0 Å². The van der Waals surface area contributed by atoms with E-state index in [2.05, 4.69) is 19.1 Å². The molecule has 0 aliphatic carbocycles. The van der Waals surface area contributed by atoms with Crippen molar-refractivity contribution in [1.82, 2.24) is 0 Å². The molecule has 0 heterocycles. The minimum atomic E-state index is -0.666. The number of allylic oxidation sites excluding steroid dienone is 2. The van der Waals surface area contributed by atoms with Gasteiger partial charge in [0.05, 0.1) is 0 Å². The first-order chi connectivity index (χ1) is 8.77. The average Bonchev–Trinajstić information content (AvgIpc) is 2.34. The van der Waals surface area contributed by atoms with Crippen molar-refractivity contribution in [1.29, 1.82) is 0 Å². The normalized spacial score (nSPS) is 10.6. The van der Waals surface area contributed by atoms with E-state index >= 15 is 0 Å². The first-order valence-electron chi connectivity index (χ1n) is 7.64. The van der Waals surface area contributed by atoms with Crippen molar-refractivity contribution in [2.24, 2.45) is 0 Å². The second-order valence-electron chi connectivity index (χ2n) is 5.02. The van der Waals surface area contributed by atoms with Crippen molar-refractivity contribution in [3.8, 4) is 0 Å². The number of carbonyl (C=O) groups is 1. The predicted octanol–water partition coefficient (Wildman–Crippen LogP) is 4.14. The average molecular weight is 372 g/mol. The van der Waals surface area contributed by atoms with E-state index in [9.17, 15) is 4.79 Å². The van der Waals surface area contributed by atoms with Crippen LogP contribution in [0, 0.1) is 0 Å². The van der Waals surface area contributed by atoms with Gasteiger partial charge in [-0.1, -0.05) is 57.6 Å². The summed E-state index contributed by atoms with van der Waals surface area (Å²) in [6.07, 6.45) is 18.3. The molecule has 0 atom stereocenters. The fraction of sp³-hybridized carbons (Fsp3) is 0.812. The molecule has 0 unspecified atom stereocenters. The number of carboxylic acids is 1. The third kappa shape index (κ3) is 20.6. The Balaban J connectivity index is 0. The van der Waals surface area contributed by atoms with Crippen molar-refractivity contribution in [2.75, 3.05) is 0 Å². The van der Waals surface area contributed by atoms with Gasteiger partial charge in [-0.15, -0.1) is 0 Å². The van der Waals surface area contributed by atoms with Gasteiger partial charge in [0.15, 0.2) is 0 Å². The number of hydrogen-bond acceptors (Lipinski definition) is 1. The molecule has 0 spiro atoms. The van der Waals surface area contributed by atoms with Crippen LogP contribution < -0.4 is 0 Å². The van der Waals surface area contributed by atoms with Crippen LogP contribution in [0.4, 0.5) is 0 Å². The van der Waals surface area contributed by atoms with Crippen molar-refractivity contribution in [3.05, 3.63) is 12.2 Å². The Morgan fingerprint density at radius 3 is 1.84 bits per heavy atom. The third-order valence-electron chi connectivity index (χ3n) is 3.15. The van der Waals surface area contributed by atoms with Gasteiger partial charge in [0.25, 0.3) is 0 Å². The molecule has 2 nitrogen and oxygen atoms in total. The number of carboxylic acid groups (broad SMARTS) is 1. The fourth-order valence-corrected chi connectivity index (χ4v) is 1.99. The van der Waals surface area contributed by atoms with Crippen LogP contribution in [0.15, 0.2) is 12.2 Å².